The Bertz CT molecular complexity index is 1240. The third kappa shape index (κ3) is 3.53. The van der Waals surface area contributed by atoms with Gasteiger partial charge in [0.1, 0.15) is 5.82 Å². The van der Waals surface area contributed by atoms with Gasteiger partial charge in [-0.2, -0.15) is 0 Å². The maximum Gasteiger partial charge on any atom is 0.250 e. The number of hydrogen-bond donors (Lipinski definition) is 4. The van der Waals surface area contributed by atoms with Crippen molar-refractivity contribution in [3.63, 3.8) is 0 Å². The Morgan fingerprint density at radius 3 is 2.69 bits per heavy atom. The minimum Gasteiger partial charge on any atom is -0.366 e. The van der Waals surface area contributed by atoms with Gasteiger partial charge in [0.15, 0.2) is 0 Å². The number of carbonyl (C=O) groups excluding carboxylic acids is 2. The van der Waals surface area contributed by atoms with Crippen LogP contribution in [0.15, 0.2) is 61.1 Å². The molecule has 0 saturated heterocycles. The van der Waals surface area contributed by atoms with E-state index >= 15 is 0 Å². The van der Waals surface area contributed by atoms with Crippen molar-refractivity contribution in [3.05, 3.63) is 78.0 Å². The summed E-state index contributed by atoms with van der Waals surface area (Å²) in [6.07, 6.45) is 8.13. The summed E-state index contributed by atoms with van der Waals surface area (Å²) in [7, 11) is 0. The summed E-state index contributed by atoms with van der Waals surface area (Å²) in [6.45, 7) is 1.95. The molecule has 0 saturated carbocycles. The Morgan fingerprint density at radius 1 is 1.07 bits per heavy atom. The molecule has 0 aliphatic rings. The number of H-pyrrole nitrogens is 2. The molecular weight excluding hydrogens is 366 g/mol. The van der Waals surface area contributed by atoms with E-state index in [2.05, 4.69) is 20.3 Å². The van der Waals surface area contributed by atoms with Crippen molar-refractivity contribution in [1.82, 2.24) is 15.0 Å². The van der Waals surface area contributed by atoms with E-state index in [0.29, 0.717) is 22.6 Å². The zero-order valence-corrected chi connectivity index (χ0v) is 15.7. The first-order valence-electron chi connectivity index (χ1n) is 9.03. The smallest absolute Gasteiger partial charge is 0.250 e. The molecule has 7 heteroatoms. The zero-order chi connectivity index (χ0) is 20.4. The molecule has 0 unspecified atom stereocenters. The Hall–Kier alpha value is -4.13. The number of aromatic nitrogens is 3. The van der Waals surface area contributed by atoms with Crippen LogP contribution in [-0.2, 0) is 4.79 Å². The largest absolute Gasteiger partial charge is 0.366 e. The number of fused-ring (bicyclic) bond motifs is 1. The van der Waals surface area contributed by atoms with Gasteiger partial charge in [0, 0.05) is 35.7 Å². The van der Waals surface area contributed by atoms with E-state index in [0.717, 1.165) is 22.1 Å². The van der Waals surface area contributed by atoms with Gasteiger partial charge in [-0.3, -0.25) is 9.59 Å². The van der Waals surface area contributed by atoms with E-state index in [1.807, 2.05) is 37.3 Å². The molecule has 0 bridgehead atoms. The summed E-state index contributed by atoms with van der Waals surface area (Å²) >= 11 is 0. The van der Waals surface area contributed by atoms with E-state index in [9.17, 15) is 9.59 Å². The van der Waals surface area contributed by atoms with Gasteiger partial charge in [-0.15, -0.1) is 0 Å². The van der Waals surface area contributed by atoms with Crippen molar-refractivity contribution in [2.45, 2.75) is 6.92 Å². The van der Waals surface area contributed by atoms with Crippen LogP contribution in [0.1, 0.15) is 21.7 Å². The molecule has 2 amide bonds. The minimum absolute atomic E-state index is 0.252. The lowest BCUT2D eigenvalue weighted by Crippen LogP contribution is -2.11. The maximum atomic E-state index is 12.3. The summed E-state index contributed by atoms with van der Waals surface area (Å²) in [5, 5.41) is 3.80. The molecule has 4 rings (SSSR count). The lowest BCUT2D eigenvalue weighted by atomic mass is 9.94. The molecule has 4 aromatic rings. The van der Waals surface area contributed by atoms with Crippen molar-refractivity contribution in [2.75, 3.05) is 5.32 Å². The Labute approximate surface area is 166 Å². The Balaban J connectivity index is 1.68. The highest BCUT2D eigenvalue weighted by molar-refractivity contribution is 6.10. The SMILES string of the molecule is Cc1c(NC(=O)/C=C/c2ncc[nH]2)cccc1-c1ccc(C(N)=O)c2[nH]ccc12. The molecule has 5 N–H and O–H groups in total. The normalized spacial score (nSPS) is 11.2. The Kier molecular flexibility index (Phi) is 4.70. The molecule has 7 nitrogen and oxygen atoms in total. The van der Waals surface area contributed by atoms with Crippen molar-refractivity contribution >= 4 is 34.5 Å². The first-order valence-corrected chi connectivity index (χ1v) is 9.03. The first-order chi connectivity index (χ1) is 14.0. The van der Waals surface area contributed by atoms with Crippen LogP contribution in [-0.4, -0.2) is 26.8 Å². The van der Waals surface area contributed by atoms with Crippen molar-refractivity contribution in [3.8, 4) is 11.1 Å². The maximum absolute atomic E-state index is 12.3. The highest BCUT2D eigenvalue weighted by Crippen LogP contribution is 2.34. The van der Waals surface area contributed by atoms with Gasteiger partial charge in [0.2, 0.25) is 5.91 Å². The van der Waals surface area contributed by atoms with Crippen molar-refractivity contribution in [2.24, 2.45) is 5.73 Å². The number of nitrogens with zero attached hydrogens (tertiary/aromatic N) is 1. The van der Waals surface area contributed by atoms with E-state index in [1.165, 1.54) is 6.08 Å². The minimum atomic E-state index is -0.481. The number of rotatable bonds is 5. The van der Waals surface area contributed by atoms with Crippen molar-refractivity contribution < 1.29 is 9.59 Å². The molecule has 2 aromatic heterocycles. The number of benzene rings is 2. The van der Waals surface area contributed by atoms with Crippen LogP contribution in [0.4, 0.5) is 5.69 Å². The molecular formula is C22H19N5O2. The Morgan fingerprint density at radius 2 is 1.93 bits per heavy atom. The van der Waals surface area contributed by atoms with Crippen molar-refractivity contribution in [1.29, 1.82) is 0 Å². The standard InChI is InChI=1S/C22H19N5O2/c1-13-14(15-5-6-17(22(23)29)21-16(15)9-10-26-21)3-2-4-18(13)27-20(28)8-7-19-24-11-12-25-19/h2-12,26H,1H3,(H2,23,29)(H,24,25)(H,27,28)/b8-7+. The lowest BCUT2D eigenvalue weighted by Gasteiger charge is -2.13. The van der Waals surface area contributed by atoms with Crippen LogP contribution in [0.3, 0.4) is 0 Å². The summed E-state index contributed by atoms with van der Waals surface area (Å²) in [5.74, 6) is -0.127. The van der Waals surface area contributed by atoms with E-state index in [4.69, 9.17) is 5.73 Å². The number of nitrogens with two attached hydrogens (primary N) is 1. The number of nitrogens with one attached hydrogen (secondary N) is 3. The van der Waals surface area contributed by atoms with E-state index < -0.39 is 5.91 Å². The average molecular weight is 385 g/mol. The predicted molar refractivity (Wildman–Crippen MR) is 113 cm³/mol. The predicted octanol–water partition coefficient (Wildman–Crippen LogP) is 3.62. The van der Waals surface area contributed by atoms with Gasteiger partial charge >= 0.3 is 0 Å². The number of amides is 2. The number of carbonyl (C=O) groups is 2. The number of imidazole rings is 1. The molecule has 0 fully saturated rings. The number of anilines is 1. The molecule has 0 radical (unpaired) electrons. The molecule has 0 aliphatic carbocycles. The molecule has 2 heterocycles. The first kappa shape index (κ1) is 18.2. The fourth-order valence-electron chi connectivity index (χ4n) is 3.36. The number of primary amides is 1. The average Bonchev–Trinajstić information content (AvgIpc) is 3.39. The highest BCUT2D eigenvalue weighted by Gasteiger charge is 2.15. The second kappa shape index (κ2) is 7.47. The van der Waals surface area contributed by atoms with Gasteiger partial charge in [-0.1, -0.05) is 18.2 Å². The molecule has 29 heavy (non-hydrogen) atoms. The topological polar surface area (TPSA) is 117 Å². The molecule has 0 aliphatic heterocycles. The molecule has 144 valence electrons. The van der Waals surface area contributed by atoms with Gasteiger partial charge in [-0.25, -0.2) is 4.98 Å². The summed E-state index contributed by atoms with van der Waals surface area (Å²) in [5.41, 5.74) is 10.2. The number of aromatic amines is 2. The fraction of sp³-hybridized carbons (Fsp3) is 0.0455. The van der Waals surface area contributed by atoms with Crippen LogP contribution in [0.25, 0.3) is 28.1 Å². The van der Waals surface area contributed by atoms with E-state index in [1.54, 1.807) is 30.7 Å². The second-order valence-corrected chi connectivity index (χ2v) is 6.57. The second-order valence-electron chi connectivity index (χ2n) is 6.57. The molecule has 0 spiro atoms. The lowest BCUT2D eigenvalue weighted by molar-refractivity contribution is -0.111. The quantitative estimate of drug-likeness (QED) is 0.393. The van der Waals surface area contributed by atoms with Crippen LogP contribution >= 0.6 is 0 Å². The van der Waals surface area contributed by atoms with Gasteiger partial charge in [0.25, 0.3) is 5.91 Å². The third-order valence-electron chi connectivity index (χ3n) is 4.78. The third-order valence-corrected chi connectivity index (χ3v) is 4.78. The monoisotopic (exact) mass is 385 g/mol. The summed E-state index contributed by atoms with van der Waals surface area (Å²) in [4.78, 5) is 34.0. The van der Waals surface area contributed by atoms with Gasteiger partial charge < -0.3 is 21.0 Å². The number of hydrogen-bond acceptors (Lipinski definition) is 3. The van der Waals surface area contributed by atoms with Crippen LogP contribution in [0.2, 0.25) is 0 Å². The van der Waals surface area contributed by atoms with Gasteiger partial charge in [-0.05, 0) is 47.9 Å². The molecule has 0 atom stereocenters. The fourth-order valence-corrected chi connectivity index (χ4v) is 3.36. The van der Waals surface area contributed by atoms with Crippen LogP contribution in [0, 0.1) is 6.92 Å². The molecule has 2 aromatic carbocycles. The van der Waals surface area contributed by atoms with Crippen LogP contribution in [0.5, 0.6) is 0 Å². The van der Waals surface area contributed by atoms with Crippen LogP contribution < -0.4 is 11.1 Å². The van der Waals surface area contributed by atoms with Gasteiger partial charge in [0.05, 0.1) is 11.1 Å². The zero-order valence-electron chi connectivity index (χ0n) is 15.7. The highest BCUT2D eigenvalue weighted by atomic mass is 16.1. The summed E-state index contributed by atoms with van der Waals surface area (Å²) < 4.78 is 0. The summed E-state index contributed by atoms with van der Waals surface area (Å²) in [6, 6.07) is 11.2. The van der Waals surface area contributed by atoms with E-state index in [-0.39, 0.29) is 5.91 Å².